The number of carbonyl (C=O) groups is 3. The normalized spacial score (nSPS) is 16.5. The van der Waals surface area contributed by atoms with Gasteiger partial charge in [-0.05, 0) is 77.2 Å². The Bertz CT molecular complexity index is 2440. The number of para-hydroxylation sites is 2. The van der Waals surface area contributed by atoms with Crippen molar-refractivity contribution in [2.75, 3.05) is 24.0 Å². The van der Waals surface area contributed by atoms with E-state index in [1.165, 1.54) is 7.11 Å². The number of fused-ring (bicyclic) bond motifs is 5. The first-order valence-corrected chi connectivity index (χ1v) is 18.1. The van der Waals surface area contributed by atoms with E-state index >= 15 is 0 Å². The van der Waals surface area contributed by atoms with Crippen LogP contribution in [0.4, 0.5) is 22.7 Å². The van der Waals surface area contributed by atoms with E-state index in [0.717, 1.165) is 34.5 Å². The first kappa shape index (κ1) is 36.0. The van der Waals surface area contributed by atoms with Crippen LogP contribution in [-0.2, 0) is 30.8 Å². The number of amides is 2. The molecule has 5 aromatic carbocycles. The van der Waals surface area contributed by atoms with Crippen molar-refractivity contribution in [1.29, 1.82) is 0 Å². The van der Waals surface area contributed by atoms with Crippen molar-refractivity contribution in [3.63, 3.8) is 0 Å². The van der Waals surface area contributed by atoms with Crippen LogP contribution in [0.2, 0.25) is 0 Å². The number of aliphatic imine (C=N–C) groups is 2. The molecule has 3 aliphatic heterocycles. The third kappa shape index (κ3) is 6.81. The van der Waals surface area contributed by atoms with Gasteiger partial charge >= 0.3 is 5.97 Å². The number of anilines is 2. The molecule has 3 heterocycles. The Labute approximate surface area is 323 Å². The van der Waals surface area contributed by atoms with Gasteiger partial charge in [-0.3, -0.25) is 24.5 Å². The van der Waals surface area contributed by atoms with Crippen LogP contribution in [0.1, 0.15) is 48.5 Å². The van der Waals surface area contributed by atoms with Crippen LogP contribution in [0.25, 0.3) is 0 Å². The van der Waals surface area contributed by atoms with Crippen molar-refractivity contribution in [3.8, 4) is 23.0 Å². The Balaban J connectivity index is 1.00. The summed E-state index contributed by atoms with van der Waals surface area (Å²) in [5, 5.41) is 9.98. The number of carboxylic acids is 1. The molecule has 2 amide bonds. The molecule has 0 spiro atoms. The fourth-order valence-corrected chi connectivity index (χ4v) is 7.49. The maximum Gasteiger partial charge on any atom is 0.335 e. The van der Waals surface area contributed by atoms with Crippen LogP contribution in [0.3, 0.4) is 0 Å². The van der Waals surface area contributed by atoms with Gasteiger partial charge in [0.05, 0.1) is 48.8 Å². The zero-order valence-electron chi connectivity index (χ0n) is 31.0. The summed E-state index contributed by atoms with van der Waals surface area (Å²) in [6.07, 6.45) is 5.71. The maximum absolute atomic E-state index is 13.8. The number of hydrogen-bond donors (Lipinski definition) is 1. The van der Waals surface area contributed by atoms with E-state index in [4.69, 9.17) is 23.9 Å². The Kier molecular flexibility index (Phi) is 9.69. The number of aryl methyl sites for hydroxylation is 1. The first-order chi connectivity index (χ1) is 27.2. The molecule has 5 aromatic rings. The maximum atomic E-state index is 13.8. The third-order valence-corrected chi connectivity index (χ3v) is 10.3. The Morgan fingerprint density at radius 3 is 2.16 bits per heavy atom. The predicted molar refractivity (Wildman–Crippen MR) is 212 cm³/mol. The molecule has 12 nitrogen and oxygen atoms in total. The molecule has 0 saturated carbocycles. The molecule has 0 bridgehead atoms. The van der Waals surface area contributed by atoms with Gasteiger partial charge < -0.3 is 29.0 Å². The summed E-state index contributed by atoms with van der Waals surface area (Å²) in [6, 6.07) is 27.0. The molecule has 56 heavy (non-hydrogen) atoms. The first-order valence-electron chi connectivity index (χ1n) is 18.1. The van der Waals surface area contributed by atoms with Crippen molar-refractivity contribution in [1.82, 2.24) is 0 Å². The van der Waals surface area contributed by atoms with Gasteiger partial charge in [0, 0.05) is 48.8 Å². The minimum atomic E-state index is -1.10. The number of rotatable bonds is 12. The lowest BCUT2D eigenvalue weighted by molar-refractivity contribution is -0.107. The summed E-state index contributed by atoms with van der Waals surface area (Å²) in [6.45, 7) is 1.93. The molecular weight excluding hydrogens is 713 g/mol. The van der Waals surface area contributed by atoms with Gasteiger partial charge in [0.1, 0.15) is 13.2 Å². The fourth-order valence-electron chi connectivity index (χ4n) is 7.49. The number of carbonyl (C=O) groups excluding carboxylic acids is 2. The molecule has 1 unspecified atom stereocenters. The molecular formula is C44H38N4O8. The van der Waals surface area contributed by atoms with Gasteiger partial charge in [0.25, 0.3) is 5.91 Å². The highest BCUT2D eigenvalue weighted by Gasteiger charge is 2.36. The summed E-state index contributed by atoms with van der Waals surface area (Å²) < 4.78 is 23.7. The highest BCUT2D eigenvalue weighted by molar-refractivity contribution is 6.14. The van der Waals surface area contributed by atoms with Gasteiger partial charge in [-0.25, -0.2) is 4.79 Å². The van der Waals surface area contributed by atoms with Crippen molar-refractivity contribution < 1.29 is 38.4 Å². The topological polar surface area (TPSA) is 140 Å². The van der Waals surface area contributed by atoms with E-state index < -0.39 is 5.97 Å². The van der Waals surface area contributed by atoms with Gasteiger partial charge in [0.2, 0.25) is 6.41 Å². The summed E-state index contributed by atoms with van der Waals surface area (Å²) in [7, 11) is 3.04. The lowest BCUT2D eigenvalue weighted by atomic mass is 10.1. The van der Waals surface area contributed by atoms with Crippen LogP contribution >= 0.6 is 0 Å². The second-order valence-electron chi connectivity index (χ2n) is 13.8. The Hall–Kier alpha value is -6.95. The standard InChI is InChI=1S/C44H38N4O8/c1-26-12-39(53-2)41(19-35(26)45-21-32-16-29-8-4-6-10-37(29)47(32)25-49)55-23-27-13-28(15-31(14-27)44(51)52)24-56-42-20-36-34(18-40(42)54-3)43(50)48-33(22-46-36)17-30-9-5-7-11-38(30)48/h4-15,18-22,25,32-33H,16-17,23-24H2,1-3H3,(H,51,52)/t32?,33-/m0/s1. The molecule has 0 saturated heterocycles. The summed E-state index contributed by atoms with van der Waals surface area (Å²) >= 11 is 0. The molecule has 2 atom stereocenters. The molecule has 282 valence electrons. The minimum absolute atomic E-state index is 0.00138. The highest BCUT2D eigenvalue weighted by Crippen LogP contribution is 2.41. The number of methoxy groups -OCH3 is 2. The predicted octanol–water partition coefficient (Wildman–Crippen LogP) is 7.45. The number of aromatic carboxylic acids is 1. The largest absolute Gasteiger partial charge is 0.493 e. The van der Waals surface area contributed by atoms with Gasteiger partial charge in [-0.15, -0.1) is 0 Å². The van der Waals surface area contributed by atoms with Gasteiger partial charge in [-0.2, -0.15) is 0 Å². The fraction of sp³-hybridized carbons (Fsp3) is 0.205. The van der Waals surface area contributed by atoms with Crippen molar-refractivity contribution in [2.45, 2.75) is 45.1 Å². The molecule has 0 aliphatic carbocycles. The molecule has 0 radical (unpaired) electrons. The van der Waals surface area contributed by atoms with E-state index in [1.807, 2.05) is 67.6 Å². The van der Waals surface area contributed by atoms with Crippen LogP contribution in [-0.4, -0.2) is 62.1 Å². The molecule has 3 aliphatic rings. The van der Waals surface area contributed by atoms with E-state index in [2.05, 4.69) is 4.99 Å². The summed E-state index contributed by atoms with van der Waals surface area (Å²) in [5.41, 5.74) is 7.48. The monoisotopic (exact) mass is 750 g/mol. The zero-order chi connectivity index (χ0) is 38.9. The molecule has 0 fully saturated rings. The van der Waals surface area contributed by atoms with Crippen LogP contribution < -0.4 is 28.7 Å². The van der Waals surface area contributed by atoms with Crippen LogP contribution in [0, 0.1) is 6.92 Å². The average molecular weight is 751 g/mol. The molecule has 0 aromatic heterocycles. The Morgan fingerprint density at radius 2 is 1.48 bits per heavy atom. The van der Waals surface area contributed by atoms with Crippen molar-refractivity contribution in [3.05, 3.63) is 130 Å². The Morgan fingerprint density at radius 1 is 0.839 bits per heavy atom. The third-order valence-electron chi connectivity index (χ3n) is 10.3. The van der Waals surface area contributed by atoms with Crippen LogP contribution in [0.5, 0.6) is 23.0 Å². The second kappa shape index (κ2) is 15.1. The minimum Gasteiger partial charge on any atom is -0.493 e. The number of nitrogens with zero attached hydrogens (tertiary/aromatic N) is 4. The van der Waals surface area contributed by atoms with E-state index in [9.17, 15) is 19.5 Å². The number of carboxylic acid groups (broad SMARTS) is 1. The van der Waals surface area contributed by atoms with Crippen LogP contribution in [0.15, 0.2) is 101 Å². The van der Waals surface area contributed by atoms with E-state index in [0.29, 0.717) is 63.9 Å². The second-order valence-corrected chi connectivity index (χ2v) is 13.8. The summed E-state index contributed by atoms with van der Waals surface area (Å²) in [5.74, 6) is 0.325. The SMILES string of the molecule is COc1cc(C)c(N=CC2Cc3ccccc3N2C=O)cc1OCc1cc(COc2cc3c(cc2OC)C(=O)N2c4ccccc4C[C@H]2C=N3)cc(C(=O)O)c1. The van der Waals surface area contributed by atoms with Crippen molar-refractivity contribution >= 4 is 53.5 Å². The number of benzene rings is 5. The molecule has 1 N–H and O–H groups in total. The number of ether oxygens (including phenoxy) is 4. The zero-order valence-corrected chi connectivity index (χ0v) is 31.0. The van der Waals surface area contributed by atoms with E-state index in [-0.39, 0.29) is 36.8 Å². The highest BCUT2D eigenvalue weighted by atomic mass is 16.5. The smallest absolute Gasteiger partial charge is 0.335 e. The van der Waals surface area contributed by atoms with E-state index in [1.54, 1.807) is 59.7 Å². The van der Waals surface area contributed by atoms with Gasteiger partial charge in [-0.1, -0.05) is 36.4 Å². The van der Waals surface area contributed by atoms with Gasteiger partial charge in [0.15, 0.2) is 23.0 Å². The van der Waals surface area contributed by atoms with Crippen molar-refractivity contribution in [2.24, 2.45) is 9.98 Å². The number of hydrogen-bond acceptors (Lipinski definition) is 9. The quantitative estimate of drug-likeness (QED) is 0.103. The average Bonchev–Trinajstić information content (AvgIpc) is 3.74. The molecule has 8 rings (SSSR count). The lowest BCUT2D eigenvalue weighted by Gasteiger charge is -2.22. The molecule has 12 heteroatoms. The lowest BCUT2D eigenvalue weighted by Crippen LogP contribution is -2.37. The summed E-state index contributed by atoms with van der Waals surface area (Å²) in [4.78, 5) is 50.8.